The van der Waals surface area contributed by atoms with Crippen molar-refractivity contribution in [2.75, 3.05) is 25.0 Å². The van der Waals surface area contributed by atoms with Gasteiger partial charge in [0.05, 0.1) is 12.8 Å². The van der Waals surface area contributed by atoms with Gasteiger partial charge in [-0.2, -0.15) is 0 Å². The lowest BCUT2D eigenvalue weighted by Gasteiger charge is -2.29. The average molecular weight is 316 g/mol. The Morgan fingerprint density at radius 1 is 1.50 bits per heavy atom. The summed E-state index contributed by atoms with van der Waals surface area (Å²) in [5.74, 6) is 3.30. The second kappa shape index (κ2) is 6.73. The van der Waals surface area contributed by atoms with Crippen LogP contribution in [0.4, 0.5) is 5.13 Å². The molecule has 22 heavy (non-hydrogen) atoms. The molecule has 1 N–H and O–H groups in total. The molecule has 1 fully saturated rings. The van der Waals surface area contributed by atoms with Crippen molar-refractivity contribution in [1.29, 1.82) is 0 Å². The number of furan rings is 1. The quantitative estimate of drug-likeness (QED) is 0.875. The maximum Gasteiger partial charge on any atom is 0.229 e. The Hall–Kier alpha value is -2.17. The Labute approximate surface area is 132 Å². The van der Waals surface area contributed by atoms with Gasteiger partial charge in [0, 0.05) is 5.92 Å². The molecule has 2 aromatic heterocycles. The number of nitrogens with one attached hydrogen (secondary N) is 1. The van der Waals surface area contributed by atoms with Crippen molar-refractivity contribution in [3.8, 4) is 23.1 Å². The molecule has 0 aliphatic carbocycles. The first-order chi connectivity index (χ1) is 10.8. The molecular weight excluding hydrogens is 300 g/mol. The van der Waals surface area contributed by atoms with E-state index in [1.54, 1.807) is 12.3 Å². The van der Waals surface area contributed by atoms with Crippen molar-refractivity contribution in [3.05, 3.63) is 18.4 Å². The zero-order valence-electron chi connectivity index (χ0n) is 12.0. The first kappa shape index (κ1) is 14.8. The Morgan fingerprint density at radius 2 is 2.32 bits per heavy atom. The van der Waals surface area contributed by atoms with Crippen LogP contribution in [0.25, 0.3) is 10.8 Å². The van der Waals surface area contributed by atoms with Crippen LogP contribution in [0, 0.1) is 18.3 Å². The number of carbonyl (C=O) groups is 1. The number of likely N-dealkylation sites (tertiary alicyclic amines) is 1. The molecule has 0 atom stereocenters. The van der Waals surface area contributed by atoms with Crippen LogP contribution >= 0.6 is 11.3 Å². The summed E-state index contributed by atoms with van der Waals surface area (Å²) < 4.78 is 5.26. The molecule has 1 saturated heterocycles. The molecule has 6 nitrogen and oxygen atoms in total. The van der Waals surface area contributed by atoms with Crippen molar-refractivity contribution in [1.82, 2.24) is 15.1 Å². The minimum Gasteiger partial charge on any atom is -0.462 e. The summed E-state index contributed by atoms with van der Waals surface area (Å²) in [7, 11) is 0. The molecule has 1 aliphatic heterocycles. The summed E-state index contributed by atoms with van der Waals surface area (Å²) in [5, 5.41) is 12.0. The highest BCUT2D eigenvalue weighted by Crippen LogP contribution is 2.27. The van der Waals surface area contributed by atoms with Gasteiger partial charge in [-0.3, -0.25) is 9.69 Å². The minimum atomic E-state index is 0.00232. The fourth-order valence-corrected chi connectivity index (χ4v) is 3.18. The monoisotopic (exact) mass is 316 g/mol. The van der Waals surface area contributed by atoms with Crippen molar-refractivity contribution >= 4 is 22.4 Å². The molecule has 0 radical (unpaired) electrons. The predicted octanol–water partition coefficient (Wildman–Crippen LogP) is 2.08. The lowest BCUT2D eigenvalue weighted by molar-refractivity contribution is -0.121. The van der Waals surface area contributed by atoms with Crippen LogP contribution in [0.3, 0.4) is 0 Å². The van der Waals surface area contributed by atoms with E-state index in [1.165, 1.54) is 11.3 Å². The maximum atomic E-state index is 12.3. The smallest absolute Gasteiger partial charge is 0.229 e. The first-order valence-corrected chi connectivity index (χ1v) is 7.92. The van der Waals surface area contributed by atoms with Gasteiger partial charge < -0.3 is 9.73 Å². The molecular formula is C15H16N4O2S. The highest BCUT2D eigenvalue weighted by molar-refractivity contribution is 7.18. The van der Waals surface area contributed by atoms with E-state index in [2.05, 4.69) is 26.3 Å². The van der Waals surface area contributed by atoms with Gasteiger partial charge in [-0.25, -0.2) is 0 Å². The zero-order valence-corrected chi connectivity index (χ0v) is 12.8. The van der Waals surface area contributed by atoms with Crippen molar-refractivity contribution in [2.45, 2.75) is 12.8 Å². The fourth-order valence-electron chi connectivity index (χ4n) is 2.46. The standard InChI is InChI=1S/C15H16N4O2S/c1-2-7-19-8-5-11(6-9-19)13(20)16-15-18-17-14(22-15)12-4-3-10-21-12/h1,3-4,10-11H,5-9H2,(H,16,18,20). The summed E-state index contributed by atoms with van der Waals surface area (Å²) in [6, 6.07) is 3.60. The second-order valence-corrected chi connectivity index (χ2v) is 6.11. The number of nitrogens with zero attached hydrogens (tertiary/aromatic N) is 3. The molecule has 0 saturated carbocycles. The Balaban J connectivity index is 1.55. The number of terminal acetylenes is 1. The summed E-state index contributed by atoms with van der Waals surface area (Å²) in [4.78, 5) is 14.5. The molecule has 0 bridgehead atoms. The van der Waals surface area contributed by atoms with Crippen LogP contribution in [0.15, 0.2) is 22.8 Å². The largest absolute Gasteiger partial charge is 0.462 e. The molecule has 0 spiro atoms. The number of hydrogen-bond acceptors (Lipinski definition) is 6. The number of rotatable bonds is 4. The predicted molar refractivity (Wildman–Crippen MR) is 84.2 cm³/mol. The molecule has 1 amide bonds. The second-order valence-electron chi connectivity index (χ2n) is 5.13. The third-order valence-electron chi connectivity index (χ3n) is 3.66. The van der Waals surface area contributed by atoms with E-state index in [-0.39, 0.29) is 11.8 Å². The molecule has 0 unspecified atom stereocenters. The van der Waals surface area contributed by atoms with Crippen molar-refractivity contribution in [2.24, 2.45) is 5.92 Å². The van der Waals surface area contributed by atoms with Crippen LogP contribution in [0.2, 0.25) is 0 Å². The fraction of sp³-hybridized carbons (Fsp3) is 0.400. The zero-order chi connectivity index (χ0) is 15.4. The van der Waals surface area contributed by atoms with Gasteiger partial charge in [-0.15, -0.1) is 16.6 Å². The normalized spacial score (nSPS) is 16.3. The van der Waals surface area contributed by atoms with Gasteiger partial charge in [0.1, 0.15) is 0 Å². The SMILES string of the molecule is C#CCN1CCC(C(=O)Nc2nnc(-c3ccco3)s2)CC1. The van der Waals surface area contributed by atoms with Crippen LogP contribution in [-0.2, 0) is 4.79 Å². The van der Waals surface area contributed by atoms with Crippen LogP contribution < -0.4 is 5.32 Å². The van der Waals surface area contributed by atoms with E-state index in [0.29, 0.717) is 22.4 Å². The van der Waals surface area contributed by atoms with Gasteiger partial charge in [-0.05, 0) is 38.1 Å². The summed E-state index contributed by atoms with van der Waals surface area (Å²) in [6.07, 6.45) is 8.52. The van der Waals surface area contributed by atoms with Crippen LogP contribution in [0.5, 0.6) is 0 Å². The summed E-state index contributed by atoms with van der Waals surface area (Å²) in [5.41, 5.74) is 0. The Kier molecular flexibility index (Phi) is 4.51. The van der Waals surface area contributed by atoms with Gasteiger partial charge >= 0.3 is 0 Å². The van der Waals surface area contributed by atoms with E-state index in [1.807, 2.05) is 6.07 Å². The van der Waals surface area contributed by atoms with E-state index < -0.39 is 0 Å². The number of hydrogen-bond donors (Lipinski definition) is 1. The van der Waals surface area contributed by atoms with E-state index >= 15 is 0 Å². The van der Waals surface area contributed by atoms with Gasteiger partial charge in [-0.1, -0.05) is 17.3 Å². The maximum absolute atomic E-state index is 12.3. The van der Waals surface area contributed by atoms with Crippen LogP contribution in [0.1, 0.15) is 12.8 Å². The molecule has 3 rings (SSSR count). The lowest BCUT2D eigenvalue weighted by atomic mass is 9.96. The van der Waals surface area contributed by atoms with Crippen molar-refractivity contribution in [3.63, 3.8) is 0 Å². The highest BCUT2D eigenvalue weighted by Gasteiger charge is 2.25. The van der Waals surface area contributed by atoms with Gasteiger partial charge in [0.2, 0.25) is 11.0 Å². The average Bonchev–Trinajstić information content (AvgIpc) is 3.19. The van der Waals surface area contributed by atoms with Crippen LogP contribution in [-0.4, -0.2) is 40.6 Å². The van der Waals surface area contributed by atoms with E-state index in [9.17, 15) is 4.79 Å². The number of aromatic nitrogens is 2. The third-order valence-corrected chi connectivity index (χ3v) is 4.51. The molecule has 3 heterocycles. The third kappa shape index (κ3) is 3.35. The molecule has 1 aliphatic rings. The highest BCUT2D eigenvalue weighted by atomic mass is 32.1. The van der Waals surface area contributed by atoms with E-state index in [0.717, 1.165) is 25.9 Å². The Bertz CT molecular complexity index is 666. The lowest BCUT2D eigenvalue weighted by Crippen LogP contribution is -2.38. The molecule has 114 valence electrons. The topological polar surface area (TPSA) is 71.3 Å². The molecule has 7 heteroatoms. The number of amides is 1. The minimum absolute atomic E-state index is 0.00232. The first-order valence-electron chi connectivity index (χ1n) is 7.10. The number of carbonyl (C=O) groups excluding carboxylic acids is 1. The van der Waals surface area contributed by atoms with E-state index in [4.69, 9.17) is 10.8 Å². The van der Waals surface area contributed by atoms with Crippen molar-refractivity contribution < 1.29 is 9.21 Å². The Morgan fingerprint density at radius 3 is 3.00 bits per heavy atom. The number of anilines is 1. The number of piperidine rings is 1. The molecule has 0 aromatic carbocycles. The van der Waals surface area contributed by atoms with Gasteiger partial charge in [0.25, 0.3) is 0 Å². The molecule has 2 aromatic rings. The van der Waals surface area contributed by atoms with Gasteiger partial charge in [0.15, 0.2) is 10.8 Å². The summed E-state index contributed by atoms with van der Waals surface area (Å²) in [6.45, 7) is 2.36. The summed E-state index contributed by atoms with van der Waals surface area (Å²) >= 11 is 1.31.